The maximum atomic E-state index is 12.7. The molecule has 0 aliphatic carbocycles. The van der Waals surface area contributed by atoms with E-state index >= 15 is 0 Å². The van der Waals surface area contributed by atoms with Crippen LogP contribution in [0.25, 0.3) is 0 Å². The molecule has 27 heavy (non-hydrogen) atoms. The van der Waals surface area contributed by atoms with E-state index in [4.69, 9.17) is 0 Å². The average molecular weight is 391 g/mol. The maximum absolute atomic E-state index is 12.7. The highest BCUT2D eigenvalue weighted by Gasteiger charge is 2.41. The number of carbonyl (C=O) groups excluding carboxylic acids is 1. The number of nitrogens with one attached hydrogen (secondary N) is 2. The molecule has 1 fully saturated rings. The van der Waals surface area contributed by atoms with Crippen molar-refractivity contribution in [3.8, 4) is 0 Å². The number of amides is 1. The topological polar surface area (TPSA) is 96.3 Å². The second kappa shape index (κ2) is 7.79. The molecule has 8 nitrogen and oxygen atoms in total. The molecule has 1 aromatic carbocycles. The quantitative estimate of drug-likeness (QED) is 0.783. The Labute approximate surface area is 159 Å². The first-order valence-corrected chi connectivity index (χ1v) is 10.3. The first-order chi connectivity index (χ1) is 12.8. The Hall–Kier alpha value is -2.23. The summed E-state index contributed by atoms with van der Waals surface area (Å²) in [4.78, 5) is 12.7. The third kappa shape index (κ3) is 4.20. The molecule has 2 N–H and O–H groups in total. The van der Waals surface area contributed by atoms with Gasteiger partial charge in [0.15, 0.2) is 0 Å². The van der Waals surface area contributed by atoms with Crippen molar-refractivity contribution in [3.05, 3.63) is 53.3 Å². The van der Waals surface area contributed by atoms with Crippen LogP contribution in [-0.4, -0.2) is 48.0 Å². The zero-order valence-corrected chi connectivity index (χ0v) is 16.5. The summed E-state index contributed by atoms with van der Waals surface area (Å²) in [5.41, 5.74) is 2.78. The predicted octanol–water partition coefficient (Wildman–Crippen LogP) is 0.667. The highest BCUT2D eigenvalue weighted by atomic mass is 32.2. The van der Waals surface area contributed by atoms with Crippen molar-refractivity contribution in [1.82, 2.24) is 24.1 Å². The van der Waals surface area contributed by atoms with E-state index in [9.17, 15) is 13.2 Å². The lowest BCUT2D eigenvalue weighted by Crippen LogP contribution is -2.57. The van der Waals surface area contributed by atoms with Gasteiger partial charge in [0, 0.05) is 31.9 Å². The van der Waals surface area contributed by atoms with Crippen LogP contribution in [0.2, 0.25) is 0 Å². The largest absolute Gasteiger partial charge is 0.354 e. The Morgan fingerprint density at radius 3 is 2.63 bits per heavy atom. The summed E-state index contributed by atoms with van der Waals surface area (Å²) in [7, 11) is -0.524. The van der Waals surface area contributed by atoms with Crippen LogP contribution in [0.4, 0.5) is 0 Å². The van der Waals surface area contributed by atoms with Crippen LogP contribution in [-0.2, 0) is 28.5 Å². The molecule has 3 rings (SSSR count). The third-order valence-electron chi connectivity index (χ3n) is 5.08. The molecule has 1 saturated heterocycles. The number of likely N-dealkylation sites (N-methyl/N-ethyl adjacent to an activating group) is 1. The molecule has 146 valence electrons. The van der Waals surface area contributed by atoms with Gasteiger partial charge in [0.05, 0.1) is 12.2 Å². The second-order valence-corrected chi connectivity index (χ2v) is 8.54. The molecule has 2 atom stereocenters. The summed E-state index contributed by atoms with van der Waals surface area (Å²) >= 11 is 0. The van der Waals surface area contributed by atoms with Crippen molar-refractivity contribution in [2.45, 2.75) is 31.8 Å². The van der Waals surface area contributed by atoms with Crippen LogP contribution in [0, 0.1) is 6.92 Å². The lowest BCUT2D eigenvalue weighted by atomic mass is 10.00. The molecule has 0 unspecified atom stereocenters. The Kier molecular flexibility index (Phi) is 5.64. The van der Waals surface area contributed by atoms with E-state index < -0.39 is 22.3 Å². The molecule has 1 aromatic heterocycles. The number of aromatic nitrogens is 2. The summed E-state index contributed by atoms with van der Waals surface area (Å²) in [5, 5.41) is 7.05. The SMILES string of the molecule is Cc1c([C@@H]2C[C@H](C(=O)NCCc3ccccc3)N(C)S(=O)(=O)N2)cnn1C. The van der Waals surface area contributed by atoms with Crippen LogP contribution in [0.3, 0.4) is 0 Å². The van der Waals surface area contributed by atoms with Gasteiger partial charge >= 0.3 is 0 Å². The predicted molar refractivity (Wildman–Crippen MR) is 102 cm³/mol. The normalized spacial score (nSPS) is 22.5. The molecule has 1 aliphatic heterocycles. The maximum Gasteiger partial charge on any atom is 0.280 e. The van der Waals surface area contributed by atoms with Crippen molar-refractivity contribution in [1.29, 1.82) is 0 Å². The highest BCUT2D eigenvalue weighted by molar-refractivity contribution is 7.87. The van der Waals surface area contributed by atoms with E-state index in [1.165, 1.54) is 7.05 Å². The summed E-state index contributed by atoms with van der Waals surface area (Å²) in [6, 6.07) is 8.58. The van der Waals surface area contributed by atoms with Gasteiger partial charge in [-0.3, -0.25) is 9.48 Å². The molecular weight excluding hydrogens is 366 g/mol. The summed E-state index contributed by atoms with van der Waals surface area (Å²) in [6.45, 7) is 2.33. The van der Waals surface area contributed by atoms with Gasteiger partial charge in [-0.15, -0.1) is 0 Å². The van der Waals surface area contributed by atoms with E-state index in [-0.39, 0.29) is 5.91 Å². The number of aryl methyl sites for hydroxylation is 1. The summed E-state index contributed by atoms with van der Waals surface area (Å²) in [6.07, 6.45) is 2.69. The molecule has 2 heterocycles. The highest BCUT2D eigenvalue weighted by Crippen LogP contribution is 2.29. The van der Waals surface area contributed by atoms with Crippen molar-refractivity contribution in [3.63, 3.8) is 0 Å². The lowest BCUT2D eigenvalue weighted by molar-refractivity contribution is -0.125. The van der Waals surface area contributed by atoms with Gasteiger partial charge in [-0.05, 0) is 25.3 Å². The van der Waals surface area contributed by atoms with Crippen LogP contribution in [0.5, 0.6) is 0 Å². The second-order valence-electron chi connectivity index (χ2n) is 6.78. The Morgan fingerprint density at radius 1 is 1.30 bits per heavy atom. The first-order valence-electron chi connectivity index (χ1n) is 8.85. The van der Waals surface area contributed by atoms with Gasteiger partial charge in [0.2, 0.25) is 5.91 Å². The minimum atomic E-state index is -3.75. The molecule has 2 aromatic rings. The molecule has 0 bridgehead atoms. The van der Waals surface area contributed by atoms with Gasteiger partial charge in [-0.2, -0.15) is 22.5 Å². The summed E-state index contributed by atoms with van der Waals surface area (Å²) < 4.78 is 30.4. The zero-order chi connectivity index (χ0) is 19.6. The van der Waals surface area contributed by atoms with Crippen molar-refractivity contribution < 1.29 is 13.2 Å². The minimum absolute atomic E-state index is 0.287. The number of hydrogen-bond acceptors (Lipinski definition) is 4. The Bertz CT molecular complexity index is 910. The van der Waals surface area contributed by atoms with Crippen LogP contribution in [0.1, 0.15) is 29.3 Å². The lowest BCUT2D eigenvalue weighted by Gasteiger charge is -2.36. The smallest absolute Gasteiger partial charge is 0.280 e. The molecule has 0 spiro atoms. The summed E-state index contributed by atoms with van der Waals surface area (Å²) in [5.74, 6) is -0.287. The van der Waals surface area contributed by atoms with Crippen LogP contribution in [0.15, 0.2) is 36.5 Å². The van der Waals surface area contributed by atoms with E-state index in [1.54, 1.807) is 17.9 Å². The van der Waals surface area contributed by atoms with Gasteiger partial charge in [0.25, 0.3) is 10.2 Å². The fraction of sp³-hybridized carbons (Fsp3) is 0.444. The van der Waals surface area contributed by atoms with Crippen LogP contribution < -0.4 is 10.0 Å². The van der Waals surface area contributed by atoms with E-state index in [0.717, 1.165) is 21.1 Å². The number of rotatable bonds is 5. The first kappa shape index (κ1) is 19.5. The Balaban J connectivity index is 1.70. The molecule has 0 radical (unpaired) electrons. The third-order valence-corrected chi connectivity index (χ3v) is 6.67. The van der Waals surface area contributed by atoms with Crippen molar-refractivity contribution in [2.75, 3.05) is 13.6 Å². The minimum Gasteiger partial charge on any atom is -0.354 e. The standard InChI is InChI=1S/C18H25N5O3S/c1-13-15(12-20-22(13)2)16-11-17(23(3)27(25,26)21-16)18(24)19-10-9-14-7-5-4-6-8-14/h4-8,12,16-17,21H,9-11H2,1-3H3,(H,19,24)/t16-,17+/m0/s1. The molecule has 1 amide bonds. The van der Waals surface area contributed by atoms with Crippen molar-refractivity contribution in [2.24, 2.45) is 7.05 Å². The zero-order valence-electron chi connectivity index (χ0n) is 15.7. The van der Waals surface area contributed by atoms with E-state index in [1.807, 2.05) is 37.3 Å². The molecule has 1 aliphatic rings. The molecule has 9 heteroatoms. The number of hydrogen-bond donors (Lipinski definition) is 2. The van der Waals surface area contributed by atoms with E-state index in [0.29, 0.717) is 19.4 Å². The number of benzene rings is 1. The van der Waals surface area contributed by atoms with Gasteiger partial charge in [-0.25, -0.2) is 0 Å². The van der Waals surface area contributed by atoms with Crippen LogP contribution >= 0.6 is 0 Å². The van der Waals surface area contributed by atoms with Gasteiger partial charge < -0.3 is 5.32 Å². The van der Waals surface area contributed by atoms with E-state index in [2.05, 4.69) is 15.1 Å². The number of carbonyl (C=O) groups is 1. The Morgan fingerprint density at radius 2 is 2.00 bits per heavy atom. The average Bonchev–Trinajstić information content (AvgIpc) is 2.97. The fourth-order valence-corrected chi connectivity index (χ4v) is 4.53. The fourth-order valence-electron chi connectivity index (χ4n) is 3.26. The van der Waals surface area contributed by atoms with Gasteiger partial charge in [0.1, 0.15) is 6.04 Å². The molecule has 0 saturated carbocycles. The monoisotopic (exact) mass is 391 g/mol. The van der Waals surface area contributed by atoms with Gasteiger partial charge in [-0.1, -0.05) is 30.3 Å². The molecular formula is C18H25N5O3S. The van der Waals surface area contributed by atoms with Crippen molar-refractivity contribution >= 4 is 16.1 Å². The number of nitrogens with zero attached hydrogens (tertiary/aromatic N) is 3.